The quantitative estimate of drug-likeness (QED) is 0.642. The molecule has 1 aromatic carbocycles. The minimum atomic E-state index is -0.295. The van der Waals surface area contributed by atoms with Crippen LogP contribution >= 0.6 is 0 Å². The zero-order valence-corrected chi connectivity index (χ0v) is 7.23. The summed E-state index contributed by atoms with van der Waals surface area (Å²) in [5, 5.41) is 8.59. The summed E-state index contributed by atoms with van der Waals surface area (Å²) in [5.41, 5.74) is 0.955. The van der Waals surface area contributed by atoms with Crippen LogP contribution < -0.4 is 4.74 Å². The number of ether oxygens (including phenoxy) is 2. The predicted molar refractivity (Wildman–Crippen MR) is 46.2 cm³/mol. The zero-order chi connectivity index (χ0) is 9.26. The Morgan fingerprint density at radius 1 is 1.46 bits per heavy atom. The van der Waals surface area contributed by atoms with Crippen LogP contribution in [0.1, 0.15) is 11.7 Å². The number of hydrogen-bond donors (Lipinski definition) is 0. The van der Waals surface area contributed by atoms with E-state index in [9.17, 15) is 0 Å². The van der Waals surface area contributed by atoms with Crippen LogP contribution in [0.3, 0.4) is 0 Å². The van der Waals surface area contributed by atoms with Crippen LogP contribution in [0.4, 0.5) is 0 Å². The Balaban J connectivity index is 2.26. The third kappa shape index (κ3) is 1.36. The first kappa shape index (κ1) is 8.09. The van der Waals surface area contributed by atoms with Gasteiger partial charge in [0, 0.05) is 5.56 Å². The molecule has 2 atom stereocenters. The Labute approximate surface area is 76.5 Å². The fraction of sp³-hybridized carbons (Fsp3) is 0.300. The molecule has 13 heavy (non-hydrogen) atoms. The lowest BCUT2D eigenvalue weighted by Gasteiger charge is -2.03. The minimum Gasteiger partial charge on any atom is -0.496 e. The van der Waals surface area contributed by atoms with E-state index in [4.69, 9.17) is 14.7 Å². The Morgan fingerprint density at radius 2 is 2.23 bits per heavy atom. The molecule has 1 fully saturated rings. The number of epoxide rings is 1. The predicted octanol–water partition coefficient (Wildman–Crippen LogP) is 1.66. The van der Waals surface area contributed by atoms with Gasteiger partial charge in [-0.3, -0.25) is 0 Å². The van der Waals surface area contributed by atoms with E-state index in [0.717, 1.165) is 11.3 Å². The molecule has 1 heterocycles. The van der Waals surface area contributed by atoms with Crippen molar-refractivity contribution in [2.45, 2.75) is 12.2 Å². The summed E-state index contributed by atoms with van der Waals surface area (Å²) < 4.78 is 10.3. The molecule has 2 rings (SSSR count). The van der Waals surface area contributed by atoms with Crippen molar-refractivity contribution in [2.75, 3.05) is 7.11 Å². The van der Waals surface area contributed by atoms with Crippen molar-refractivity contribution in [2.24, 2.45) is 0 Å². The molecule has 0 aromatic heterocycles. The van der Waals surface area contributed by atoms with Gasteiger partial charge in [-0.15, -0.1) is 0 Å². The summed E-state index contributed by atoms with van der Waals surface area (Å²) in [6, 6.07) is 9.65. The van der Waals surface area contributed by atoms with E-state index in [1.165, 1.54) is 0 Å². The number of benzene rings is 1. The van der Waals surface area contributed by atoms with Gasteiger partial charge in [-0.1, -0.05) is 18.2 Å². The molecule has 66 valence electrons. The van der Waals surface area contributed by atoms with Crippen LogP contribution in [0, 0.1) is 11.3 Å². The number of hydrogen-bond acceptors (Lipinski definition) is 3. The molecule has 1 aliphatic rings. The molecule has 0 unspecified atom stereocenters. The Kier molecular flexibility index (Phi) is 1.91. The largest absolute Gasteiger partial charge is 0.496 e. The lowest BCUT2D eigenvalue weighted by atomic mass is 10.1. The van der Waals surface area contributed by atoms with E-state index < -0.39 is 0 Å². The normalized spacial score (nSPS) is 24.9. The van der Waals surface area contributed by atoms with Crippen LogP contribution in [0.5, 0.6) is 5.75 Å². The van der Waals surface area contributed by atoms with Crippen LogP contribution in [-0.2, 0) is 4.74 Å². The van der Waals surface area contributed by atoms with Gasteiger partial charge in [0.2, 0.25) is 0 Å². The van der Waals surface area contributed by atoms with E-state index in [1.807, 2.05) is 24.3 Å². The highest BCUT2D eigenvalue weighted by Gasteiger charge is 2.42. The number of methoxy groups -OCH3 is 1. The SMILES string of the molecule is COc1ccccc1[C@@H]1O[C@@H]1C#N. The summed E-state index contributed by atoms with van der Waals surface area (Å²) >= 11 is 0. The van der Waals surface area contributed by atoms with Gasteiger partial charge in [0.25, 0.3) is 0 Å². The van der Waals surface area contributed by atoms with Crippen molar-refractivity contribution in [1.29, 1.82) is 5.26 Å². The highest BCUT2D eigenvalue weighted by atomic mass is 16.6. The molecule has 0 amide bonds. The van der Waals surface area contributed by atoms with Crippen LogP contribution in [-0.4, -0.2) is 13.2 Å². The van der Waals surface area contributed by atoms with Crippen molar-refractivity contribution >= 4 is 0 Å². The van der Waals surface area contributed by atoms with Gasteiger partial charge in [-0.05, 0) is 6.07 Å². The molecule has 0 spiro atoms. The maximum Gasteiger partial charge on any atom is 0.175 e. The van der Waals surface area contributed by atoms with E-state index in [2.05, 4.69) is 6.07 Å². The fourth-order valence-electron chi connectivity index (χ4n) is 1.35. The topological polar surface area (TPSA) is 45.5 Å². The molecule has 0 N–H and O–H groups in total. The number of nitrogens with zero attached hydrogens (tertiary/aromatic N) is 1. The third-order valence-corrected chi connectivity index (χ3v) is 2.06. The third-order valence-electron chi connectivity index (χ3n) is 2.06. The second-order valence-corrected chi connectivity index (χ2v) is 2.85. The molecule has 3 nitrogen and oxygen atoms in total. The maximum atomic E-state index is 8.59. The Morgan fingerprint density at radius 3 is 2.85 bits per heavy atom. The zero-order valence-electron chi connectivity index (χ0n) is 7.23. The van der Waals surface area contributed by atoms with Crippen molar-refractivity contribution < 1.29 is 9.47 Å². The molecule has 0 bridgehead atoms. The fourth-order valence-corrected chi connectivity index (χ4v) is 1.35. The summed E-state index contributed by atoms with van der Waals surface area (Å²) in [6.45, 7) is 0. The monoisotopic (exact) mass is 175 g/mol. The number of para-hydroxylation sites is 1. The first-order valence-corrected chi connectivity index (χ1v) is 4.05. The molecular weight excluding hydrogens is 166 g/mol. The van der Waals surface area contributed by atoms with Gasteiger partial charge in [0.05, 0.1) is 13.2 Å². The van der Waals surface area contributed by atoms with Crippen LogP contribution in [0.25, 0.3) is 0 Å². The molecule has 0 saturated carbocycles. The van der Waals surface area contributed by atoms with Crippen molar-refractivity contribution in [1.82, 2.24) is 0 Å². The van der Waals surface area contributed by atoms with E-state index in [-0.39, 0.29) is 12.2 Å². The van der Waals surface area contributed by atoms with Crippen molar-refractivity contribution in [3.63, 3.8) is 0 Å². The highest BCUT2D eigenvalue weighted by molar-refractivity contribution is 5.38. The van der Waals surface area contributed by atoms with Gasteiger partial charge < -0.3 is 9.47 Å². The second kappa shape index (κ2) is 3.08. The maximum absolute atomic E-state index is 8.59. The number of rotatable bonds is 2. The van der Waals surface area contributed by atoms with Crippen molar-refractivity contribution in [3.8, 4) is 11.8 Å². The first-order chi connectivity index (χ1) is 6.36. The minimum absolute atomic E-state index is 0.0962. The first-order valence-electron chi connectivity index (χ1n) is 4.05. The van der Waals surface area contributed by atoms with Crippen LogP contribution in [0.15, 0.2) is 24.3 Å². The average molecular weight is 175 g/mol. The lowest BCUT2D eigenvalue weighted by molar-refractivity contribution is 0.375. The smallest absolute Gasteiger partial charge is 0.175 e. The van der Waals surface area contributed by atoms with E-state index in [1.54, 1.807) is 7.11 Å². The molecule has 3 heteroatoms. The molecule has 0 radical (unpaired) electrons. The van der Waals surface area contributed by atoms with Gasteiger partial charge in [0.15, 0.2) is 6.10 Å². The average Bonchev–Trinajstić information content (AvgIpc) is 2.96. The molecule has 1 saturated heterocycles. The van der Waals surface area contributed by atoms with E-state index >= 15 is 0 Å². The Bertz CT molecular complexity index is 356. The van der Waals surface area contributed by atoms with Gasteiger partial charge >= 0.3 is 0 Å². The standard InChI is InChI=1S/C10H9NO2/c1-12-8-5-3-2-4-7(8)10-9(6-11)13-10/h2-5,9-10H,1H3/t9-,10+/m1/s1. The van der Waals surface area contributed by atoms with E-state index in [0.29, 0.717) is 0 Å². The molecular formula is C10H9NO2. The molecule has 0 aliphatic carbocycles. The number of nitriles is 1. The summed E-state index contributed by atoms with van der Waals surface area (Å²) in [7, 11) is 1.61. The van der Waals surface area contributed by atoms with Gasteiger partial charge in [0.1, 0.15) is 11.9 Å². The highest BCUT2D eigenvalue weighted by Crippen LogP contribution is 2.42. The molecule has 1 aromatic rings. The molecule has 1 aliphatic heterocycles. The van der Waals surface area contributed by atoms with Crippen LogP contribution in [0.2, 0.25) is 0 Å². The van der Waals surface area contributed by atoms with Gasteiger partial charge in [-0.25, -0.2) is 0 Å². The Hall–Kier alpha value is -1.53. The lowest BCUT2D eigenvalue weighted by Crippen LogP contribution is -1.91. The summed E-state index contributed by atoms with van der Waals surface area (Å²) in [5.74, 6) is 0.783. The second-order valence-electron chi connectivity index (χ2n) is 2.85. The summed E-state index contributed by atoms with van der Waals surface area (Å²) in [4.78, 5) is 0. The van der Waals surface area contributed by atoms with Gasteiger partial charge in [-0.2, -0.15) is 5.26 Å². The van der Waals surface area contributed by atoms with Crippen molar-refractivity contribution in [3.05, 3.63) is 29.8 Å². The summed E-state index contributed by atoms with van der Waals surface area (Å²) in [6.07, 6.45) is -0.391.